The second kappa shape index (κ2) is 6.85. The normalized spacial score (nSPS) is 14.7. The number of hydrogen-bond donors (Lipinski definition) is 1. The van der Waals surface area contributed by atoms with Gasteiger partial charge in [0.25, 0.3) is 5.91 Å². The summed E-state index contributed by atoms with van der Waals surface area (Å²) in [4.78, 5) is 18.9. The molecule has 0 bridgehead atoms. The highest BCUT2D eigenvalue weighted by Crippen LogP contribution is 2.27. The van der Waals surface area contributed by atoms with Crippen molar-refractivity contribution in [3.8, 4) is 0 Å². The second-order valence-electron chi connectivity index (χ2n) is 5.72. The monoisotopic (exact) mass is 401 g/mol. The van der Waals surface area contributed by atoms with Crippen LogP contribution in [-0.4, -0.2) is 37.2 Å². The van der Waals surface area contributed by atoms with Crippen LogP contribution in [0.2, 0.25) is 0 Å². The number of pyridine rings is 1. The Bertz CT molecular complexity index is 902. The van der Waals surface area contributed by atoms with Gasteiger partial charge in [0.1, 0.15) is 11.4 Å². The van der Waals surface area contributed by atoms with E-state index in [1.165, 1.54) is 0 Å². The maximum Gasteiger partial charge on any atom is 0.292 e. The molecule has 25 heavy (non-hydrogen) atoms. The summed E-state index contributed by atoms with van der Waals surface area (Å²) in [7, 11) is 0. The van der Waals surface area contributed by atoms with Crippen LogP contribution < -0.4 is 10.2 Å². The predicted octanol–water partition coefficient (Wildman–Crippen LogP) is 3.68. The fraction of sp³-hybridized carbons (Fsp3) is 0.222. The number of amides is 1. The average Bonchev–Trinajstić information content (AvgIpc) is 3.09. The van der Waals surface area contributed by atoms with Crippen LogP contribution in [0.4, 0.5) is 11.5 Å². The summed E-state index contributed by atoms with van der Waals surface area (Å²) in [5.74, 6) is 0.414. The highest BCUT2D eigenvalue weighted by Gasteiger charge is 2.15. The number of aromatic nitrogens is 1. The Labute approximate surface area is 152 Å². The summed E-state index contributed by atoms with van der Waals surface area (Å²) in [5.41, 5.74) is 1.68. The number of halogens is 1. The molecule has 2 aromatic heterocycles. The first-order valence-electron chi connectivity index (χ1n) is 7.99. The van der Waals surface area contributed by atoms with Gasteiger partial charge in [-0.25, -0.2) is 4.98 Å². The first-order valence-corrected chi connectivity index (χ1v) is 8.78. The maximum atomic E-state index is 12.4. The Morgan fingerprint density at radius 1 is 1.20 bits per heavy atom. The molecule has 0 spiro atoms. The van der Waals surface area contributed by atoms with E-state index in [0.717, 1.165) is 41.8 Å². The van der Waals surface area contributed by atoms with E-state index in [4.69, 9.17) is 9.15 Å². The van der Waals surface area contributed by atoms with Crippen LogP contribution in [0.1, 0.15) is 10.6 Å². The van der Waals surface area contributed by atoms with Crippen molar-refractivity contribution in [1.82, 2.24) is 4.98 Å². The van der Waals surface area contributed by atoms with Gasteiger partial charge in [-0.05, 0) is 40.2 Å². The van der Waals surface area contributed by atoms with Crippen LogP contribution in [-0.2, 0) is 4.74 Å². The number of anilines is 2. The lowest BCUT2D eigenvalue weighted by Gasteiger charge is -2.28. The third-order valence-corrected chi connectivity index (χ3v) is 4.71. The molecule has 128 valence electrons. The Balaban J connectivity index is 1.49. The number of hydrogen-bond acceptors (Lipinski definition) is 5. The van der Waals surface area contributed by atoms with Crippen LogP contribution in [0.25, 0.3) is 11.0 Å². The molecule has 6 nitrogen and oxygen atoms in total. The van der Waals surface area contributed by atoms with E-state index in [-0.39, 0.29) is 11.7 Å². The van der Waals surface area contributed by atoms with Gasteiger partial charge < -0.3 is 19.4 Å². The van der Waals surface area contributed by atoms with Crippen molar-refractivity contribution in [1.29, 1.82) is 0 Å². The largest absolute Gasteiger partial charge is 0.450 e. The fourth-order valence-electron chi connectivity index (χ4n) is 2.79. The zero-order chi connectivity index (χ0) is 17.2. The molecule has 0 aliphatic carbocycles. The smallest absolute Gasteiger partial charge is 0.292 e. The lowest BCUT2D eigenvalue weighted by Crippen LogP contribution is -2.36. The molecule has 0 saturated carbocycles. The number of nitrogens with zero attached hydrogens (tertiary/aromatic N) is 2. The summed E-state index contributed by atoms with van der Waals surface area (Å²) in [5, 5.41) is 3.64. The molecule has 1 aliphatic rings. The third-order valence-electron chi connectivity index (χ3n) is 4.09. The van der Waals surface area contributed by atoms with E-state index >= 15 is 0 Å². The van der Waals surface area contributed by atoms with E-state index in [1.54, 1.807) is 18.3 Å². The summed E-state index contributed by atoms with van der Waals surface area (Å²) >= 11 is 3.42. The van der Waals surface area contributed by atoms with Crippen molar-refractivity contribution in [2.75, 3.05) is 36.5 Å². The van der Waals surface area contributed by atoms with E-state index in [1.807, 2.05) is 24.3 Å². The quantitative estimate of drug-likeness (QED) is 0.724. The minimum absolute atomic E-state index is 0.251. The van der Waals surface area contributed by atoms with Crippen molar-refractivity contribution in [2.45, 2.75) is 0 Å². The molecule has 1 amide bonds. The minimum Gasteiger partial charge on any atom is -0.450 e. The fourth-order valence-corrected chi connectivity index (χ4v) is 3.25. The van der Waals surface area contributed by atoms with Gasteiger partial charge in [-0.3, -0.25) is 4.79 Å². The number of ether oxygens (including phenoxy) is 1. The predicted molar refractivity (Wildman–Crippen MR) is 99.1 cm³/mol. The number of para-hydroxylation sites is 1. The first kappa shape index (κ1) is 16.1. The van der Waals surface area contributed by atoms with Crippen LogP contribution in [0.15, 0.2) is 51.5 Å². The number of rotatable bonds is 3. The average molecular weight is 402 g/mol. The van der Waals surface area contributed by atoms with Crippen molar-refractivity contribution in [3.05, 3.63) is 52.8 Å². The molecule has 1 N–H and O–H groups in total. The van der Waals surface area contributed by atoms with Crippen LogP contribution in [0.5, 0.6) is 0 Å². The number of furan rings is 1. The molecule has 4 rings (SSSR count). The van der Waals surface area contributed by atoms with Gasteiger partial charge in [-0.2, -0.15) is 0 Å². The van der Waals surface area contributed by atoms with Gasteiger partial charge in [0, 0.05) is 18.5 Å². The van der Waals surface area contributed by atoms with Crippen molar-refractivity contribution >= 4 is 44.3 Å². The highest BCUT2D eigenvalue weighted by molar-refractivity contribution is 9.10. The molecule has 0 atom stereocenters. The van der Waals surface area contributed by atoms with Gasteiger partial charge in [0.05, 0.1) is 29.6 Å². The standard InChI is InChI=1S/C18H16BrN3O3/c19-14-3-1-2-12-10-15(25-17(12)14)18(23)21-16-5-4-13(11-20-16)22-6-8-24-9-7-22/h1-5,10-11H,6-9H2,(H,20,21,23). The lowest BCUT2D eigenvalue weighted by atomic mass is 10.2. The second-order valence-corrected chi connectivity index (χ2v) is 6.58. The van der Waals surface area contributed by atoms with E-state index < -0.39 is 0 Å². The SMILES string of the molecule is O=C(Nc1ccc(N2CCOCC2)cn1)c1cc2cccc(Br)c2o1. The molecule has 1 aliphatic heterocycles. The molecule has 1 saturated heterocycles. The number of morpholine rings is 1. The molecular formula is C18H16BrN3O3. The van der Waals surface area contributed by atoms with Crippen LogP contribution in [0, 0.1) is 0 Å². The number of nitrogens with one attached hydrogen (secondary N) is 1. The van der Waals surface area contributed by atoms with Gasteiger partial charge in [-0.15, -0.1) is 0 Å². The molecule has 3 aromatic rings. The minimum atomic E-state index is -0.324. The summed E-state index contributed by atoms with van der Waals surface area (Å²) in [6.45, 7) is 3.14. The number of fused-ring (bicyclic) bond motifs is 1. The highest BCUT2D eigenvalue weighted by atomic mass is 79.9. The Morgan fingerprint density at radius 3 is 2.76 bits per heavy atom. The Hall–Kier alpha value is -2.38. The van der Waals surface area contributed by atoms with Crippen molar-refractivity contribution < 1.29 is 13.9 Å². The van der Waals surface area contributed by atoms with Crippen LogP contribution >= 0.6 is 15.9 Å². The number of benzene rings is 1. The van der Waals surface area contributed by atoms with E-state index in [0.29, 0.717) is 11.4 Å². The van der Waals surface area contributed by atoms with Crippen molar-refractivity contribution in [3.63, 3.8) is 0 Å². The topological polar surface area (TPSA) is 67.6 Å². The van der Waals surface area contributed by atoms with Crippen LogP contribution in [0.3, 0.4) is 0 Å². The van der Waals surface area contributed by atoms with Gasteiger partial charge in [0.2, 0.25) is 0 Å². The first-order chi connectivity index (χ1) is 12.2. The zero-order valence-electron chi connectivity index (χ0n) is 13.4. The summed E-state index contributed by atoms with van der Waals surface area (Å²) in [6, 6.07) is 11.1. The third kappa shape index (κ3) is 3.38. The summed E-state index contributed by atoms with van der Waals surface area (Å²) < 4.78 is 11.8. The molecule has 0 unspecified atom stereocenters. The number of carbonyl (C=O) groups is 1. The van der Waals surface area contributed by atoms with E-state index in [2.05, 4.69) is 31.1 Å². The molecular weight excluding hydrogens is 386 g/mol. The molecule has 1 aromatic carbocycles. The Morgan fingerprint density at radius 2 is 2.04 bits per heavy atom. The van der Waals surface area contributed by atoms with Crippen molar-refractivity contribution in [2.24, 2.45) is 0 Å². The number of carbonyl (C=O) groups excluding carboxylic acids is 1. The molecule has 7 heteroatoms. The summed E-state index contributed by atoms with van der Waals surface area (Å²) in [6.07, 6.45) is 1.76. The maximum absolute atomic E-state index is 12.4. The van der Waals surface area contributed by atoms with Gasteiger partial charge in [0.15, 0.2) is 5.76 Å². The van der Waals surface area contributed by atoms with Gasteiger partial charge in [-0.1, -0.05) is 12.1 Å². The zero-order valence-corrected chi connectivity index (χ0v) is 15.0. The Kier molecular flexibility index (Phi) is 4.42. The van der Waals surface area contributed by atoms with E-state index in [9.17, 15) is 4.79 Å². The molecule has 0 radical (unpaired) electrons. The van der Waals surface area contributed by atoms with Gasteiger partial charge >= 0.3 is 0 Å². The molecule has 3 heterocycles. The molecule has 1 fully saturated rings. The lowest BCUT2D eigenvalue weighted by molar-refractivity contribution is 0.0998.